The fraction of sp³-hybridized carbons (Fsp3) is 0.0357. The highest BCUT2D eigenvalue weighted by molar-refractivity contribution is 9.10. The summed E-state index contributed by atoms with van der Waals surface area (Å²) < 4.78 is 1.02. The lowest BCUT2D eigenvalue weighted by Gasteiger charge is -2.17. The molecule has 0 bridgehead atoms. The van der Waals surface area contributed by atoms with Gasteiger partial charge in [0, 0.05) is 162 Å². The van der Waals surface area contributed by atoms with Crippen LogP contribution in [0.3, 0.4) is 0 Å². The van der Waals surface area contributed by atoms with Crippen LogP contribution in [-0.4, -0.2) is 74.9 Å². The largest absolute Gasteiger partial charge is 0.399 e. The maximum atomic E-state index is 13.2. The topological polar surface area (TPSA) is 324 Å². The first-order chi connectivity index (χ1) is 65.0. The number of para-hydroxylation sites is 3. The zero-order chi connectivity index (χ0) is 89.6. The minimum atomic E-state index is -0.288. The van der Waals surface area contributed by atoms with Gasteiger partial charge in [0.25, 0.3) is 23.6 Å². The Balaban J connectivity index is 0.0000000959. The summed E-state index contributed by atoms with van der Waals surface area (Å²) >= 11 is 3.60. The molecule has 4 aliphatic heterocycles. The van der Waals surface area contributed by atoms with Gasteiger partial charge in [0.1, 0.15) is 11.6 Å². The molecule has 0 saturated carbocycles. The number of halogens is 1. The summed E-state index contributed by atoms with van der Waals surface area (Å²) in [5.41, 5.74) is 51.1. The Morgan fingerprint density at radius 3 is 1.16 bits per heavy atom. The highest BCUT2D eigenvalue weighted by Crippen LogP contribution is 2.50. The van der Waals surface area contributed by atoms with Gasteiger partial charge in [-0.2, -0.15) is 0 Å². The molecule has 0 atom stereocenters. The molecule has 4 amide bonds. The molecule has 24 aromatic rings. The number of aliphatic imine (C=N–C) groups is 2. The number of nitrogens with one attached hydrogen (secondary N) is 6. The van der Waals surface area contributed by atoms with E-state index in [9.17, 15) is 19.2 Å². The fourth-order valence-corrected chi connectivity index (χ4v) is 21.1. The Labute approximate surface area is 764 Å². The lowest BCUT2D eigenvalue weighted by atomic mass is 9.92. The van der Waals surface area contributed by atoms with Crippen molar-refractivity contribution in [2.45, 2.75) is 26.7 Å². The molecule has 28 rings (SSSR count). The number of hydrogen-bond donors (Lipinski definition) is 10. The summed E-state index contributed by atoms with van der Waals surface area (Å²) in [5.74, 6) is 0.523. The van der Waals surface area contributed by atoms with E-state index in [2.05, 4.69) is 163 Å². The van der Waals surface area contributed by atoms with Crippen molar-refractivity contribution in [3.63, 3.8) is 0 Å². The monoisotopic (exact) mass is 1790 g/mol. The van der Waals surface area contributed by atoms with Gasteiger partial charge < -0.3 is 52.8 Å². The number of nitrogens with zero attached hydrogens (tertiary/aromatic N) is 6. The van der Waals surface area contributed by atoms with E-state index in [1.807, 2.05) is 158 Å². The van der Waals surface area contributed by atoms with Gasteiger partial charge in [0.15, 0.2) is 0 Å². The van der Waals surface area contributed by atoms with E-state index in [1.54, 1.807) is 48.5 Å². The fourth-order valence-electron chi connectivity index (χ4n) is 20.8. The van der Waals surface area contributed by atoms with Crippen molar-refractivity contribution >= 4 is 248 Å². The summed E-state index contributed by atoms with van der Waals surface area (Å²) in [6.45, 7) is 4.17. The first kappa shape index (κ1) is 77.8. The number of imidazole rings is 2. The molecule has 634 valence electrons. The Morgan fingerprint density at radius 1 is 0.293 bits per heavy atom. The molecule has 0 spiro atoms. The van der Waals surface area contributed by atoms with Crippen LogP contribution in [-0.2, 0) is 12.8 Å². The van der Waals surface area contributed by atoms with Crippen LogP contribution in [0.15, 0.2) is 324 Å². The van der Waals surface area contributed by atoms with Crippen molar-refractivity contribution in [1.29, 1.82) is 0 Å². The van der Waals surface area contributed by atoms with E-state index in [1.165, 1.54) is 9.80 Å². The van der Waals surface area contributed by atoms with Crippen molar-refractivity contribution in [3.05, 3.63) is 370 Å². The number of carbonyl (C=O) groups is 4. The number of nitrogen functional groups attached to an aromatic ring is 4. The van der Waals surface area contributed by atoms with E-state index < -0.39 is 0 Å². The number of hydrogen-bond acceptors (Lipinski definition) is 12. The van der Waals surface area contributed by atoms with E-state index >= 15 is 0 Å². The van der Waals surface area contributed by atoms with E-state index in [-0.39, 0.29) is 23.6 Å². The number of aromatic amines is 6. The van der Waals surface area contributed by atoms with Gasteiger partial charge in [-0.3, -0.25) is 29.2 Å². The maximum absolute atomic E-state index is 13.2. The van der Waals surface area contributed by atoms with Gasteiger partial charge in [-0.15, -0.1) is 0 Å². The van der Waals surface area contributed by atoms with Crippen LogP contribution in [0.5, 0.6) is 0 Å². The number of H-pyrrole nitrogens is 6. The number of anilines is 6. The Hall–Kier alpha value is -17.6. The van der Waals surface area contributed by atoms with E-state index in [0.717, 1.165) is 258 Å². The third-order valence-electron chi connectivity index (χ3n) is 26.8. The second kappa shape index (κ2) is 29.8. The number of aryl methyl sites for hydroxylation is 2. The van der Waals surface area contributed by atoms with Crippen LogP contribution in [0.25, 0.3) is 175 Å². The number of carbonyl (C=O) groups excluding carboxylic acids is 4. The summed E-state index contributed by atoms with van der Waals surface area (Å²) in [4.78, 5) is 96.7. The van der Waals surface area contributed by atoms with Crippen LogP contribution < -0.4 is 32.7 Å². The third kappa shape index (κ3) is 12.2. The molecular formula is C112H75BrN16O4. The number of imide groups is 2. The predicted octanol–water partition coefficient (Wildman–Crippen LogP) is 25.6. The number of amides is 4. The van der Waals surface area contributed by atoms with Gasteiger partial charge in [-0.25, -0.2) is 19.8 Å². The number of aromatic nitrogens is 8. The summed E-state index contributed by atoms with van der Waals surface area (Å²) in [6, 6.07) is 97.4. The Bertz CT molecular complexity index is 9180. The summed E-state index contributed by atoms with van der Waals surface area (Å²) in [7, 11) is 0. The molecule has 0 unspecified atom stereocenters. The van der Waals surface area contributed by atoms with Gasteiger partial charge in [-0.1, -0.05) is 180 Å². The molecular weight excluding hydrogens is 1710 g/mol. The molecule has 14 N–H and O–H groups in total. The van der Waals surface area contributed by atoms with Crippen LogP contribution >= 0.6 is 15.9 Å². The summed E-state index contributed by atoms with van der Waals surface area (Å²) in [5, 5.41) is 21.9. The Kier molecular flexibility index (Phi) is 17.4. The minimum Gasteiger partial charge on any atom is -0.399 e. The number of rotatable bonds is 6. The Morgan fingerprint density at radius 2 is 0.654 bits per heavy atom. The van der Waals surface area contributed by atoms with Crippen LogP contribution in [0, 0.1) is 13.8 Å². The van der Waals surface area contributed by atoms with Crippen molar-refractivity contribution in [3.8, 4) is 22.8 Å². The molecule has 6 aromatic heterocycles. The molecule has 0 fully saturated rings. The van der Waals surface area contributed by atoms with Crippen molar-refractivity contribution in [2.24, 2.45) is 9.98 Å². The van der Waals surface area contributed by atoms with Crippen LogP contribution in [0.1, 0.15) is 75.1 Å². The van der Waals surface area contributed by atoms with Gasteiger partial charge in [0.05, 0.1) is 78.5 Å². The molecule has 18 aromatic carbocycles. The highest BCUT2D eigenvalue weighted by Gasteiger charge is 2.39. The SMILES string of the molecule is Cc1[nH]c2ccccc2c1-c1nc2c3cc(N)ccc3c3ccc(N)cc3c2[nH]1.Cc1[nH]c2ccccc2c1C1=Nc2c(c3cc(N4C(=O)c5ccccc5C4=O)ccc3c3ccccc23)C1.Nc1ccc2c3ccc(N)cc3c3[nH]c(-c4c[nH]c5ccccc45)nc3c2c1.O=C1c2ccccc2C(=O)N1c1ccc2c(c1)c1c(c3ccccc32)N=C(c2c[nH]c3ccc(Br)cc23)C1. The lowest BCUT2D eigenvalue weighted by molar-refractivity contribution is 0.0910. The zero-order valence-electron chi connectivity index (χ0n) is 71.4. The van der Waals surface area contributed by atoms with Crippen LogP contribution in [0.2, 0.25) is 0 Å². The second-order valence-corrected chi connectivity index (χ2v) is 35.4. The van der Waals surface area contributed by atoms with Gasteiger partial charge >= 0.3 is 0 Å². The maximum Gasteiger partial charge on any atom is 0.266 e. The lowest BCUT2D eigenvalue weighted by Crippen LogP contribution is -2.29. The normalized spacial score (nSPS) is 13.4. The first-order valence-electron chi connectivity index (χ1n) is 43.8. The van der Waals surface area contributed by atoms with Crippen molar-refractivity contribution < 1.29 is 19.2 Å². The van der Waals surface area contributed by atoms with E-state index in [4.69, 9.17) is 42.9 Å². The molecule has 0 saturated heterocycles. The van der Waals surface area contributed by atoms with Crippen molar-refractivity contribution in [2.75, 3.05) is 32.7 Å². The zero-order valence-corrected chi connectivity index (χ0v) is 72.9. The first-order valence-corrected chi connectivity index (χ1v) is 44.6. The number of nitrogens with two attached hydrogens (primary N) is 4. The quantitative estimate of drug-likeness (QED) is 0.0426. The smallest absolute Gasteiger partial charge is 0.266 e. The average molecular weight is 1790 g/mol. The standard InChI is InChI=1S/C33H21N3O2.C32H18BrN3O2.C24H19N5.C23H17N5/c1-18-30(25-12-6-7-13-28(25)34-18)29-17-27-26-16-19(36-32(37)23-10-4-5-11-24(23)33(36)38)14-15-21(26)20-8-2-3-9-22(20)31(27)35-29;33-17-9-12-28-25(13-17)27(16-34-28)29-15-26-24-14-18(36-31(37)22-7-3-4-8-23(22)32(36)38)10-11-20(24)19-5-1-2-6-21(19)30(26)35-29;1-12-21(17-4-2-3-5-20(17)27-12)24-28-22-18-10-13(25)6-8-15(18)16-9-7-14(26)11-19(16)23(22)29-24;24-12-5-7-14-15-8-6-13(25)10-18(15)22-21(17(14)9-12)27-23(28-22)19-11-26-20-4-2-1-3-16(19)20/h2-16,34H,17H2,1H3;1-14,16,34H,15H2;2-11,27H,25-26H2,1H3,(H,28,29);1-11,26H,24-25H2,(H,27,28). The molecule has 20 nitrogen and oxygen atoms in total. The van der Waals surface area contributed by atoms with Gasteiger partial charge in [0.2, 0.25) is 0 Å². The molecule has 21 heteroatoms. The number of benzene rings is 18. The predicted molar refractivity (Wildman–Crippen MR) is 546 cm³/mol. The summed E-state index contributed by atoms with van der Waals surface area (Å²) in [6.07, 6.45) is 5.35. The average Bonchev–Trinajstić information content (AvgIpc) is 1.61. The molecule has 0 radical (unpaired) electrons. The van der Waals surface area contributed by atoms with Gasteiger partial charge in [-0.05, 0) is 212 Å². The second-order valence-electron chi connectivity index (χ2n) is 34.5. The molecule has 133 heavy (non-hydrogen) atoms. The minimum absolute atomic E-state index is 0.284. The van der Waals surface area contributed by atoms with Crippen molar-refractivity contribution in [1.82, 2.24) is 39.9 Å². The van der Waals surface area contributed by atoms with E-state index in [0.29, 0.717) is 46.5 Å². The molecule has 0 aliphatic carbocycles. The molecule has 4 aliphatic rings. The highest BCUT2D eigenvalue weighted by atomic mass is 79.9. The number of fused-ring (bicyclic) bond motifs is 30. The molecule has 10 heterocycles. The third-order valence-corrected chi connectivity index (χ3v) is 27.3. The van der Waals surface area contributed by atoms with Crippen LogP contribution in [0.4, 0.5) is 45.5 Å².